The Kier molecular flexibility index (Phi) is 6.65. The van der Waals surface area contributed by atoms with Crippen molar-refractivity contribution in [3.05, 3.63) is 30.1 Å². The minimum atomic E-state index is -0.363. The van der Waals surface area contributed by atoms with Gasteiger partial charge in [0.05, 0.1) is 11.9 Å². The lowest BCUT2D eigenvalue weighted by Crippen LogP contribution is -2.28. The van der Waals surface area contributed by atoms with Gasteiger partial charge < -0.3 is 10.4 Å². The fourth-order valence-electron chi connectivity index (χ4n) is 1.22. The van der Waals surface area contributed by atoms with Gasteiger partial charge in [-0.05, 0) is 25.0 Å². The molecule has 0 fully saturated rings. The first-order valence-electron chi connectivity index (χ1n) is 5.60. The number of pyridine rings is 1. The van der Waals surface area contributed by atoms with Gasteiger partial charge in [0, 0.05) is 24.7 Å². The Morgan fingerprint density at radius 2 is 2.47 bits per heavy atom. The number of carbonyl (C=O) groups is 1. The van der Waals surface area contributed by atoms with Crippen molar-refractivity contribution in [1.82, 2.24) is 10.3 Å². The van der Waals surface area contributed by atoms with Gasteiger partial charge in [0.1, 0.15) is 0 Å². The van der Waals surface area contributed by atoms with Crippen molar-refractivity contribution in [1.29, 1.82) is 0 Å². The maximum atomic E-state index is 11.4. The van der Waals surface area contributed by atoms with Crippen LogP contribution in [0.15, 0.2) is 24.5 Å². The van der Waals surface area contributed by atoms with Crippen LogP contribution in [0.2, 0.25) is 0 Å². The van der Waals surface area contributed by atoms with E-state index in [9.17, 15) is 4.79 Å². The zero-order chi connectivity index (χ0) is 12.5. The Morgan fingerprint density at radius 3 is 3.12 bits per heavy atom. The Balaban J connectivity index is 2.08. The minimum Gasteiger partial charge on any atom is -0.393 e. The summed E-state index contributed by atoms with van der Waals surface area (Å²) in [6.45, 7) is 2.24. The van der Waals surface area contributed by atoms with Crippen LogP contribution in [0.5, 0.6) is 0 Å². The summed E-state index contributed by atoms with van der Waals surface area (Å²) in [4.78, 5) is 15.4. The molecule has 0 spiro atoms. The summed E-state index contributed by atoms with van der Waals surface area (Å²) in [5.74, 6) is 1.24. The number of aliphatic hydroxyl groups excluding tert-OH is 1. The first kappa shape index (κ1) is 14.0. The molecule has 1 heterocycles. The van der Waals surface area contributed by atoms with Crippen molar-refractivity contribution in [3.63, 3.8) is 0 Å². The second-order valence-electron chi connectivity index (χ2n) is 3.84. The number of nitrogens with zero attached hydrogens (tertiary/aromatic N) is 1. The van der Waals surface area contributed by atoms with E-state index in [4.69, 9.17) is 5.11 Å². The summed E-state index contributed by atoms with van der Waals surface area (Å²) in [6, 6.07) is 3.88. The van der Waals surface area contributed by atoms with Crippen LogP contribution in [0.1, 0.15) is 18.9 Å². The van der Waals surface area contributed by atoms with E-state index in [1.54, 1.807) is 31.1 Å². The third-order valence-electron chi connectivity index (χ3n) is 2.11. The molecule has 1 unspecified atom stereocenters. The summed E-state index contributed by atoms with van der Waals surface area (Å²) in [5, 5.41) is 11.8. The molecule has 1 rings (SSSR count). The molecule has 0 saturated heterocycles. The smallest absolute Gasteiger partial charge is 0.230 e. The first-order chi connectivity index (χ1) is 8.18. The number of amides is 1. The Hall–Kier alpha value is -1.07. The Bertz CT molecular complexity index is 331. The van der Waals surface area contributed by atoms with E-state index in [0.717, 1.165) is 11.3 Å². The molecular weight excluding hydrogens is 236 g/mol. The van der Waals surface area contributed by atoms with E-state index in [-0.39, 0.29) is 12.0 Å². The van der Waals surface area contributed by atoms with Gasteiger partial charge in [-0.25, -0.2) is 0 Å². The topological polar surface area (TPSA) is 62.2 Å². The zero-order valence-corrected chi connectivity index (χ0v) is 10.7. The van der Waals surface area contributed by atoms with Gasteiger partial charge in [-0.2, -0.15) is 0 Å². The lowest BCUT2D eigenvalue weighted by atomic mass is 10.3. The van der Waals surface area contributed by atoms with Crippen LogP contribution >= 0.6 is 11.8 Å². The Morgan fingerprint density at radius 1 is 1.65 bits per heavy atom. The highest BCUT2D eigenvalue weighted by Crippen LogP contribution is 2.09. The number of carbonyl (C=O) groups excluding carboxylic acids is 1. The van der Waals surface area contributed by atoms with Gasteiger partial charge >= 0.3 is 0 Å². The fourth-order valence-corrected chi connectivity index (χ4v) is 2.01. The van der Waals surface area contributed by atoms with Crippen LogP contribution in [0.3, 0.4) is 0 Å². The molecule has 1 atom stereocenters. The molecule has 0 aromatic carbocycles. The number of hydrogen-bond donors (Lipinski definition) is 2. The summed E-state index contributed by atoms with van der Waals surface area (Å²) in [7, 11) is 0. The average molecular weight is 254 g/mol. The van der Waals surface area contributed by atoms with E-state index in [2.05, 4.69) is 10.3 Å². The molecule has 1 aromatic rings. The van der Waals surface area contributed by atoms with Crippen molar-refractivity contribution in [2.24, 2.45) is 0 Å². The highest BCUT2D eigenvalue weighted by Gasteiger charge is 2.02. The van der Waals surface area contributed by atoms with Gasteiger partial charge in [0.15, 0.2) is 0 Å². The third kappa shape index (κ3) is 6.97. The molecule has 5 heteroatoms. The SMILES string of the molecule is CC(O)CCNC(=O)CSCc1cccnc1. The normalized spacial score (nSPS) is 12.1. The highest BCUT2D eigenvalue weighted by atomic mass is 32.2. The van der Waals surface area contributed by atoms with E-state index in [1.807, 2.05) is 12.1 Å². The maximum absolute atomic E-state index is 11.4. The lowest BCUT2D eigenvalue weighted by Gasteiger charge is -2.06. The van der Waals surface area contributed by atoms with Gasteiger partial charge in [0.25, 0.3) is 0 Å². The zero-order valence-electron chi connectivity index (χ0n) is 9.93. The third-order valence-corrected chi connectivity index (χ3v) is 3.11. The molecule has 17 heavy (non-hydrogen) atoms. The Labute approximate surface area is 106 Å². The number of hydrogen-bond acceptors (Lipinski definition) is 4. The van der Waals surface area contributed by atoms with Crippen LogP contribution in [0.4, 0.5) is 0 Å². The molecule has 1 aromatic heterocycles. The number of aliphatic hydroxyl groups is 1. The fraction of sp³-hybridized carbons (Fsp3) is 0.500. The number of thioether (sulfide) groups is 1. The second-order valence-corrected chi connectivity index (χ2v) is 4.83. The molecule has 0 aliphatic heterocycles. The van der Waals surface area contributed by atoms with Crippen LogP contribution in [-0.4, -0.2) is 34.4 Å². The second kappa shape index (κ2) is 8.08. The molecular formula is C12H18N2O2S. The summed E-state index contributed by atoms with van der Waals surface area (Å²) < 4.78 is 0. The molecule has 2 N–H and O–H groups in total. The molecule has 0 bridgehead atoms. The van der Waals surface area contributed by atoms with E-state index < -0.39 is 0 Å². The van der Waals surface area contributed by atoms with Crippen molar-refractivity contribution >= 4 is 17.7 Å². The molecule has 0 aliphatic carbocycles. The quantitative estimate of drug-likeness (QED) is 0.767. The van der Waals surface area contributed by atoms with Crippen LogP contribution in [-0.2, 0) is 10.5 Å². The van der Waals surface area contributed by atoms with Gasteiger partial charge in [-0.15, -0.1) is 11.8 Å². The summed E-state index contributed by atoms with van der Waals surface area (Å²) in [6.07, 6.45) is 3.77. The summed E-state index contributed by atoms with van der Waals surface area (Å²) >= 11 is 1.56. The maximum Gasteiger partial charge on any atom is 0.230 e. The lowest BCUT2D eigenvalue weighted by molar-refractivity contribution is -0.118. The predicted molar refractivity (Wildman–Crippen MR) is 69.7 cm³/mol. The molecule has 94 valence electrons. The minimum absolute atomic E-state index is 0.0135. The first-order valence-corrected chi connectivity index (χ1v) is 6.75. The van der Waals surface area contributed by atoms with Crippen molar-refractivity contribution in [2.45, 2.75) is 25.2 Å². The van der Waals surface area contributed by atoms with Crippen molar-refractivity contribution in [3.8, 4) is 0 Å². The van der Waals surface area contributed by atoms with Crippen LogP contribution in [0, 0.1) is 0 Å². The largest absolute Gasteiger partial charge is 0.393 e. The van der Waals surface area contributed by atoms with Crippen LogP contribution in [0.25, 0.3) is 0 Å². The van der Waals surface area contributed by atoms with E-state index >= 15 is 0 Å². The average Bonchev–Trinajstić information content (AvgIpc) is 2.30. The number of nitrogens with one attached hydrogen (secondary N) is 1. The molecule has 1 amide bonds. The van der Waals surface area contributed by atoms with E-state index in [0.29, 0.717) is 18.7 Å². The standard InChI is InChI=1S/C12H18N2O2S/c1-10(15)4-6-14-12(16)9-17-8-11-3-2-5-13-7-11/h2-3,5,7,10,15H,4,6,8-9H2,1H3,(H,14,16). The molecule has 0 saturated carbocycles. The molecule has 0 aliphatic rings. The molecule has 4 nitrogen and oxygen atoms in total. The van der Waals surface area contributed by atoms with Crippen molar-refractivity contribution < 1.29 is 9.90 Å². The predicted octanol–water partition coefficient (Wildman–Crippen LogP) is 1.20. The monoisotopic (exact) mass is 254 g/mol. The van der Waals surface area contributed by atoms with Gasteiger partial charge in [-0.3, -0.25) is 9.78 Å². The highest BCUT2D eigenvalue weighted by molar-refractivity contribution is 7.99. The van der Waals surface area contributed by atoms with Gasteiger partial charge in [0.2, 0.25) is 5.91 Å². The van der Waals surface area contributed by atoms with Crippen molar-refractivity contribution in [2.75, 3.05) is 12.3 Å². The van der Waals surface area contributed by atoms with E-state index in [1.165, 1.54) is 0 Å². The number of aromatic nitrogens is 1. The molecule has 0 radical (unpaired) electrons. The summed E-state index contributed by atoms with van der Waals surface area (Å²) in [5.41, 5.74) is 1.12. The van der Waals surface area contributed by atoms with Crippen LogP contribution < -0.4 is 5.32 Å². The van der Waals surface area contributed by atoms with Gasteiger partial charge in [-0.1, -0.05) is 6.07 Å². The number of rotatable bonds is 7.